The molecule has 1 heterocycles. The van der Waals surface area contributed by atoms with Gasteiger partial charge in [0, 0.05) is 13.2 Å². The molecule has 1 aliphatic heterocycles. The van der Waals surface area contributed by atoms with E-state index in [-0.39, 0.29) is 11.3 Å². The zero-order valence-corrected chi connectivity index (χ0v) is 9.99. The first kappa shape index (κ1) is 12.8. The molecule has 5 heteroatoms. The predicted molar refractivity (Wildman–Crippen MR) is 63.9 cm³/mol. The monoisotopic (exact) mass is 253 g/mol. The fourth-order valence-electron chi connectivity index (χ4n) is 1.99. The quantitative estimate of drug-likeness (QED) is 0.861. The Balaban J connectivity index is 1.92. The molecule has 0 aliphatic carbocycles. The summed E-state index contributed by atoms with van der Waals surface area (Å²) in [5.74, 6) is -0.927. The minimum atomic E-state index is -0.543. The topological polar surface area (TPSA) is 58.6 Å². The van der Waals surface area contributed by atoms with Gasteiger partial charge in [0.2, 0.25) is 0 Å². The number of benzene rings is 1. The van der Waals surface area contributed by atoms with Crippen molar-refractivity contribution in [2.75, 3.05) is 19.8 Å². The molecule has 0 saturated carbocycles. The van der Waals surface area contributed by atoms with E-state index < -0.39 is 11.7 Å². The van der Waals surface area contributed by atoms with E-state index in [2.05, 4.69) is 5.32 Å². The van der Waals surface area contributed by atoms with Crippen molar-refractivity contribution in [2.24, 2.45) is 5.92 Å². The maximum atomic E-state index is 13.0. The number of aromatic hydroxyl groups is 1. The van der Waals surface area contributed by atoms with E-state index in [9.17, 15) is 14.3 Å². The normalized spacial score (nSPS) is 19.5. The summed E-state index contributed by atoms with van der Waals surface area (Å²) >= 11 is 0. The average Bonchev–Trinajstić information content (AvgIpc) is 2.40. The number of carbonyl (C=O) groups excluding carboxylic acids is 1. The third kappa shape index (κ3) is 3.20. The molecule has 1 aliphatic rings. The molecule has 0 radical (unpaired) electrons. The second-order valence-electron chi connectivity index (χ2n) is 4.45. The molecule has 1 unspecified atom stereocenters. The predicted octanol–water partition coefficient (Wildman–Crippen LogP) is 1.69. The Kier molecular flexibility index (Phi) is 4.15. The Bertz CT molecular complexity index is 430. The number of amides is 1. The minimum absolute atomic E-state index is 0.0354. The molecule has 1 atom stereocenters. The van der Waals surface area contributed by atoms with Gasteiger partial charge < -0.3 is 15.2 Å². The second-order valence-corrected chi connectivity index (χ2v) is 4.45. The number of nitrogens with one attached hydrogen (secondary N) is 1. The van der Waals surface area contributed by atoms with Crippen LogP contribution in [-0.4, -0.2) is 30.8 Å². The smallest absolute Gasteiger partial charge is 0.255 e. The summed E-state index contributed by atoms with van der Waals surface area (Å²) < 4.78 is 18.3. The lowest BCUT2D eigenvalue weighted by Crippen LogP contribution is -2.33. The number of hydrogen-bond donors (Lipinski definition) is 2. The highest BCUT2D eigenvalue weighted by atomic mass is 19.1. The van der Waals surface area contributed by atoms with Crippen LogP contribution in [0.25, 0.3) is 0 Å². The number of phenolic OH excluding ortho intramolecular Hbond substituents is 1. The van der Waals surface area contributed by atoms with E-state index in [1.165, 1.54) is 6.07 Å². The lowest BCUT2D eigenvalue weighted by molar-refractivity contribution is 0.0536. The number of halogens is 1. The van der Waals surface area contributed by atoms with Crippen molar-refractivity contribution in [3.05, 3.63) is 29.6 Å². The Morgan fingerprint density at radius 1 is 1.56 bits per heavy atom. The molecule has 4 nitrogen and oxygen atoms in total. The van der Waals surface area contributed by atoms with Gasteiger partial charge in [0.1, 0.15) is 11.6 Å². The summed E-state index contributed by atoms with van der Waals surface area (Å²) in [7, 11) is 0. The molecule has 2 rings (SSSR count). The average molecular weight is 253 g/mol. The first-order valence-corrected chi connectivity index (χ1v) is 6.01. The third-order valence-corrected chi connectivity index (χ3v) is 3.01. The van der Waals surface area contributed by atoms with Crippen molar-refractivity contribution in [1.29, 1.82) is 0 Å². The Morgan fingerprint density at radius 2 is 2.39 bits per heavy atom. The van der Waals surface area contributed by atoms with Crippen LogP contribution < -0.4 is 5.32 Å². The Hall–Kier alpha value is -1.62. The van der Waals surface area contributed by atoms with Gasteiger partial charge in [-0.1, -0.05) is 0 Å². The van der Waals surface area contributed by atoms with Crippen molar-refractivity contribution in [3.63, 3.8) is 0 Å². The summed E-state index contributed by atoms with van der Waals surface area (Å²) in [6.07, 6.45) is 2.00. The van der Waals surface area contributed by atoms with Crippen LogP contribution in [0.3, 0.4) is 0 Å². The molecule has 1 aromatic carbocycles. The highest BCUT2D eigenvalue weighted by molar-refractivity contribution is 5.96. The van der Waals surface area contributed by atoms with E-state index >= 15 is 0 Å². The summed E-state index contributed by atoms with van der Waals surface area (Å²) in [5.41, 5.74) is -0.0354. The Labute approximate surface area is 105 Å². The van der Waals surface area contributed by atoms with Crippen LogP contribution in [0, 0.1) is 11.7 Å². The van der Waals surface area contributed by atoms with Gasteiger partial charge in [-0.05, 0) is 37.0 Å². The molecule has 2 N–H and O–H groups in total. The van der Waals surface area contributed by atoms with Crippen molar-refractivity contribution < 1.29 is 19.0 Å². The van der Waals surface area contributed by atoms with Gasteiger partial charge >= 0.3 is 0 Å². The van der Waals surface area contributed by atoms with Crippen LogP contribution >= 0.6 is 0 Å². The Morgan fingerprint density at radius 3 is 3.11 bits per heavy atom. The highest BCUT2D eigenvalue weighted by Crippen LogP contribution is 2.18. The van der Waals surface area contributed by atoms with Gasteiger partial charge in [-0.3, -0.25) is 4.79 Å². The summed E-state index contributed by atoms with van der Waals surface area (Å²) in [6.45, 7) is 1.89. The van der Waals surface area contributed by atoms with Crippen molar-refractivity contribution >= 4 is 5.91 Å². The van der Waals surface area contributed by atoms with Crippen LogP contribution in [0.5, 0.6) is 5.75 Å². The highest BCUT2D eigenvalue weighted by Gasteiger charge is 2.17. The van der Waals surface area contributed by atoms with Gasteiger partial charge in [0.05, 0.1) is 12.2 Å². The number of ether oxygens (including phenoxy) is 1. The zero-order valence-electron chi connectivity index (χ0n) is 9.99. The van der Waals surface area contributed by atoms with Gasteiger partial charge in [-0.15, -0.1) is 0 Å². The molecule has 0 bridgehead atoms. The molecule has 18 heavy (non-hydrogen) atoms. The van der Waals surface area contributed by atoms with E-state index in [0.29, 0.717) is 19.1 Å². The largest absolute Gasteiger partial charge is 0.507 e. The second kappa shape index (κ2) is 5.82. The van der Waals surface area contributed by atoms with Crippen molar-refractivity contribution in [3.8, 4) is 5.75 Å². The number of hydrogen-bond acceptors (Lipinski definition) is 3. The molecule has 1 aromatic rings. The molecule has 1 saturated heterocycles. The summed E-state index contributed by atoms with van der Waals surface area (Å²) in [5, 5.41) is 12.2. The summed E-state index contributed by atoms with van der Waals surface area (Å²) in [6, 6.07) is 3.32. The SMILES string of the molecule is O=C(NCC1CCCOC1)c1cc(F)ccc1O. The zero-order chi connectivity index (χ0) is 13.0. The first-order chi connectivity index (χ1) is 8.66. The number of phenols is 1. The maximum absolute atomic E-state index is 13.0. The molecule has 98 valence electrons. The fourth-order valence-corrected chi connectivity index (χ4v) is 1.99. The first-order valence-electron chi connectivity index (χ1n) is 6.01. The van der Waals surface area contributed by atoms with Gasteiger partial charge in [0.25, 0.3) is 5.91 Å². The van der Waals surface area contributed by atoms with Crippen LogP contribution in [0.2, 0.25) is 0 Å². The van der Waals surface area contributed by atoms with Crippen molar-refractivity contribution in [2.45, 2.75) is 12.8 Å². The van der Waals surface area contributed by atoms with Crippen LogP contribution in [0.4, 0.5) is 4.39 Å². The van der Waals surface area contributed by atoms with E-state index in [4.69, 9.17) is 4.74 Å². The molecule has 1 fully saturated rings. The van der Waals surface area contributed by atoms with Gasteiger partial charge in [-0.25, -0.2) is 4.39 Å². The lowest BCUT2D eigenvalue weighted by Gasteiger charge is -2.22. The van der Waals surface area contributed by atoms with E-state index in [0.717, 1.165) is 31.6 Å². The third-order valence-electron chi connectivity index (χ3n) is 3.01. The van der Waals surface area contributed by atoms with E-state index in [1.54, 1.807) is 0 Å². The molecule has 1 amide bonds. The lowest BCUT2D eigenvalue weighted by atomic mass is 10.0. The van der Waals surface area contributed by atoms with Crippen LogP contribution in [0.15, 0.2) is 18.2 Å². The van der Waals surface area contributed by atoms with Gasteiger partial charge in [0.15, 0.2) is 0 Å². The standard InChI is InChI=1S/C13H16FNO3/c14-10-3-4-12(16)11(6-10)13(17)15-7-9-2-1-5-18-8-9/h3-4,6,9,16H,1-2,5,7-8H2,(H,15,17). The van der Waals surface area contributed by atoms with E-state index in [1.807, 2.05) is 0 Å². The minimum Gasteiger partial charge on any atom is -0.507 e. The van der Waals surface area contributed by atoms with Gasteiger partial charge in [-0.2, -0.15) is 0 Å². The molecular formula is C13H16FNO3. The van der Waals surface area contributed by atoms with Crippen LogP contribution in [-0.2, 0) is 4.74 Å². The maximum Gasteiger partial charge on any atom is 0.255 e. The summed E-state index contributed by atoms with van der Waals surface area (Å²) in [4.78, 5) is 11.8. The molecular weight excluding hydrogens is 237 g/mol. The number of carbonyl (C=O) groups is 1. The molecule has 0 spiro atoms. The fraction of sp³-hybridized carbons (Fsp3) is 0.462. The molecule has 0 aromatic heterocycles. The number of rotatable bonds is 3. The van der Waals surface area contributed by atoms with Crippen LogP contribution in [0.1, 0.15) is 23.2 Å². The van der Waals surface area contributed by atoms with Crippen molar-refractivity contribution in [1.82, 2.24) is 5.32 Å².